The van der Waals surface area contributed by atoms with Crippen LogP contribution in [0.4, 0.5) is 0 Å². The molecule has 0 saturated heterocycles. The maximum atomic E-state index is 11.6. The van der Waals surface area contributed by atoms with E-state index in [1.54, 1.807) is 33.9 Å². The minimum Gasteiger partial charge on any atom is -0.463 e. The second-order valence-corrected chi connectivity index (χ2v) is 3.81. The third-order valence-electron chi connectivity index (χ3n) is 2.43. The molecule has 1 N–H and O–H groups in total. The van der Waals surface area contributed by atoms with Gasteiger partial charge in [0.2, 0.25) is 12.3 Å². The predicted molar refractivity (Wildman–Crippen MR) is 66.7 cm³/mol. The van der Waals surface area contributed by atoms with Gasteiger partial charge in [-0.15, -0.1) is 0 Å². The van der Waals surface area contributed by atoms with Crippen LogP contribution in [0, 0.1) is 0 Å². The summed E-state index contributed by atoms with van der Waals surface area (Å²) in [6, 6.07) is -0.254. The van der Waals surface area contributed by atoms with Gasteiger partial charge in [0, 0.05) is 18.7 Å². The van der Waals surface area contributed by atoms with E-state index in [2.05, 4.69) is 5.32 Å². The van der Waals surface area contributed by atoms with Gasteiger partial charge in [0.05, 0.1) is 13.2 Å². The highest BCUT2D eigenvalue weighted by molar-refractivity contribution is 5.88. The van der Waals surface area contributed by atoms with Crippen molar-refractivity contribution < 1.29 is 19.1 Å². The maximum Gasteiger partial charge on any atom is 0.333 e. The van der Waals surface area contributed by atoms with Gasteiger partial charge in [0.1, 0.15) is 0 Å². The summed E-state index contributed by atoms with van der Waals surface area (Å²) in [5.74, 6) is -0.626. The van der Waals surface area contributed by atoms with Gasteiger partial charge in [-0.2, -0.15) is 0 Å². The van der Waals surface area contributed by atoms with E-state index in [1.165, 1.54) is 4.90 Å². The highest BCUT2D eigenvalue weighted by Gasteiger charge is 2.15. The number of likely N-dealkylation sites (N-methyl/N-ethyl adjacent to an activating group) is 1. The number of rotatable bonds is 7. The molecule has 0 heterocycles. The van der Waals surface area contributed by atoms with Crippen molar-refractivity contribution in [1.82, 2.24) is 10.2 Å². The van der Waals surface area contributed by atoms with E-state index >= 15 is 0 Å². The van der Waals surface area contributed by atoms with Crippen LogP contribution < -0.4 is 5.32 Å². The largest absolute Gasteiger partial charge is 0.463 e. The molecule has 0 fully saturated rings. The van der Waals surface area contributed by atoms with Gasteiger partial charge >= 0.3 is 5.97 Å². The SMILES string of the molecule is CCOC(=O)/C(C)=C/[C@H](C)N(C)C(=O)CNC=O. The number of hydrogen-bond acceptors (Lipinski definition) is 4. The first-order valence-electron chi connectivity index (χ1n) is 5.72. The highest BCUT2D eigenvalue weighted by Crippen LogP contribution is 2.04. The smallest absolute Gasteiger partial charge is 0.333 e. The molecule has 0 unspecified atom stereocenters. The van der Waals surface area contributed by atoms with Gasteiger partial charge < -0.3 is 15.0 Å². The summed E-state index contributed by atoms with van der Waals surface area (Å²) < 4.78 is 4.84. The minimum atomic E-state index is -0.392. The third kappa shape index (κ3) is 5.47. The maximum absolute atomic E-state index is 11.6. The zero-order valence-corrected chi connectivity index (χ0v) is 11.2. The average Bonchev–Trinajstić information content (AvgIpc) is 2.34. The number of amides is 2. The summed E-state index contributed by atoms with van der Waals surface area (Å²) in [5, 5.41) is 2.30. The zero-order chi connectivity index (χ0) is 14.1. The fraction of sp³-hybridized carbons (Fsp3) is 0.583. The lowest BCUT2D eigenvalue weighted by Gasteiger charge is -2.22. The number of nitrogens with one attached hydrogen (secondary N) is 1. The van der Waals surface area contributed by atoms with Gasteiger partial charge in [-0.1, -0.05) is 6.08 Å². The van der Waals surface area contributed by atoms with Crippen molar-refractivity contribution in [1.29, 1.82) is 0 Å². The van der Waals surface area contributed by atoms with Crippen LogP contribution in [0.1, 0.15) is 20.8 Å². The Bertz CT molecular complexity index is 339. The second-order valence-electron chi connectivity index (χ2n) is 3.81. The molecular weight excluding hydrogens is 236 g/mol. The molecule has 0 saturated carbocycles. The molecule has 0 rings (SSSR count). The summed E-state index contributed by atoms with van der Waals surface area (Å²) in [5.41, 5.74) is 0.451. The molecule has 0 aliphatic heterocycles. The molecular formula is C12H20N2O4. The lowest BCUT2D eigenvalue weighted by molar-refractivity contribution is -0.138. The van der Waals surface area contributed by atoms with Gasteiger partial charge in [0.25, 0.3) is 0 Å². The number of hydrogen-bond donors (Lipinski definition) is 1. The Labute approximate surface area is 107 Å². The molecule has 2 amide bonds. The van der Waals surface area contributed by atoms with Gasteiger partial charge in [0.15, 0.2) is 0 Å². The van der Waals surface area contributed by atoms with E-state index in [9.17, 15) is 14.4 Å². The Balaban J connectivity index is 4.49. The molecule has 0 aliphatic carbocycles. The number of carbonyl (C=O) groups is 3. The van der Waals surface area contributed by atoms with Crippen molar-refractivity contribution >= 4 is 18.3 Å². The number of carbonyl (C=O) groups excluding carboxylic acids is 3. The Hall–Kier alpha value is -1.85. The molecule has 6 heteroatoms. The van der Waals surface area contributed by atoms with E-state index in [-0.39, 0.29) is 18.5 Å². The van der Waals surface area contributed by atoms with Crippen LogP contribution in [-0.4, -0.2) is 49.4 Å². The Morgan fingerprint density at radius 2 is 2.06 bits per heavy atom. The number of esters is 1. The molecule has 6 nitrogen and oxygen atoms in total. The molecule has 0 aliphatic rings. The minimum absolute atomic E-state index is 0.0589. The predicted octanol–water partition coefficient (Wildman–Crippen LogP) is 0.0887. The van der Waals surface area contributed by atoms with Crippen LogP contribution >= 0.6 is 0 Å². The topological polar surface area (TPSA) is 75.7 Å². The lowest BCUT2D eigenvalue weighted by atomic mass is 10.2. The molecule has 0 aromatic rings. The molecule has 102 valence electrons. The first kappa shape index (κ1) is 16.1. The van der Waals surface area contributed by atoms with Crippen LogP contribution in [-0.2, 0) is 19.1 Å². The van der Waals surface area contributed by atoms with Gasteiger partial charge in [-0.25, -0.2) is 4.79 Å². The second kappa shape index (κ2) is 8.27. The van der Waals surface area contributed by atoms with Crippen LogP contribution in [0.5, 0.6) is 0 Å². The quantitative estimate of drug-likeness (QED) is 0.398. The summed E-state index contributed by atoms with van der Waals surface area (Å²) >= 11 is 0. The van der Waals surface area contributed by atoms with E-state index in [0.29, 0.717) is 18.6 Å². The van der Waals surface area contributed by atoms with Crippen molar-refractivity contribution in [2.45, 2.75) is 26.8 Å². The summed E-state index contributed by atoms with van der Waals surface area (Å²) in [6.07, 6.45) is 2.12. The van der Waals surface area contributed by atoms with Gasteiger partial charge in [-0.3, -0.25) is 9.59 Å². The van der Waals surface area contributed by atoms with Crippen molar-refractivity contribution in [2.24, 2.45) is 0 Å². The third-order valence-corrected chi connectivity index (χ3v) is 2.43. The van der Waals surface area contributed by atoms with Crippen molar-refractivity contribution in [3.05, 3.63) is 11.6 Å². The van der Waals surface area contributed by atoms with Crippen LogP contribution in [0.25, 0.3) is 0 Å². The normalized spacial score (nSPS) is 12.6. The fourth-order valence-corrected chi connectivity index (χ4v) is 1.27. The van der Waals surface area contributed by atoms with Crippen molar-refractivity contribution in [3.8, 4) is 0 Å². The summed E-state index contributed by atoms with van der Waals surface area (Å²) in [7, 11) is 1.61. The van der Waals surface area contributed by atoms with E-state index < -0.39 is 5.97 Å². The number of ether oxygens (including phenoxy) is 1. The van der Waals surface area contributed by atoms with Crippen LogP contribution in [0.3, 0.4) is 0 Å². The molecule has 18 heavy (non-hydrogen) atoms. The summed E-state index contributed by atoms with van der Waals surface area (Å²) in [6.45, 7) is 5.40. The van der Waals surface area contributed by atoms with Crippen LogP contribution in [0.2, 0.25) is 0 Å². The highest BCUT2D eigenvalue weighted by atomic mass is 16.5. The average molecular weight is 256 g/mol. The first-order valence-corrected chi connectivity index (χ1v) is 5.72. The molecule has 0 spiro atoms. The molecule has 0 bridgehead atoms. The standard InChI is InChI=1S/C12H20N2O4/c1-5-18-12(17)9(2)6-10(3)14(4)11(16)7-13-8-15/h6,8,10H,5,7H2,1-4H3,(H,13,15)/b9-6+/t10-/m0/s1. The Morgan fingerprint density at radius 3 is 2.56 bits per heavy atom. The fourth-order valence-electron chi connectivity index (χ4n) is 1.27. The first-order chi connectivity index (χ1) is 8.43. The van der Waals surface area contributed by atoms with E-state index in [0.717, 1.165) is 0 Å². The van der Waals surface area contributed by atoms with Gasteiger partial charge in [-0.05, 0) is 20.8 Å². The summed E-state index contributed by atoms with van der Waals surface area (Å²) in [4.78, 5) is 34.5. The monoisotopic (exact) mass is 256 g/mol. The molecule has 0 aromatic carbocycles. The Morgan fingerprint density at radius 1 is 1.44 bits per heavy atom. The Kier molecular flexibility index (Phi) is 7.42. The zero-order valence-electron chi connectivity index (χ0n) is 11.2. The molecule has 0 aromatic heterocycles. The van der Waals surface area contributed by atoms with Crippen LogP contribution in [0.15, 0.2) is 11.6 Å². The lowest BCUT2D eigenvalue weighted by Crippen LogP contribution is -2.39. The van der Waals surface area contributed by atoms with E-state index in [4.69, 9.17) is 4.74 Å². The van der Waals surface area contributed by atoms with Crippen molar-refractivity contribution in [2.75, 3.05) is 20.2 Å². The van der Waals surface area contributed by atoms with E-state index in [1.807, 2.05) is 0 Å². The number of nitrogens with zero attached hydrogens (tertiary/aromatic N) is 1. The molecule has 0 radical (unpaired) electrons. The van der Waals surface area contributed by atoms with Crippen molar-refractivity contribution in [3.63, 3.8) is 0 Å². The molecule has 1 atom stereocenters.